The van der Waals surface area contributed by atoms with Crippen LogP contribution in [0, 0.1) is 6.92 Å². The topological polar surface area (TPSA) is 118 Å². The molecular weight excluding hydrogens is 396 g/mol. The van der Waals surface area contributed by atoms with Gasteiger partial charge in [-0.2, -0.15) is 8.42 Å². The SMILES string of the molecule is CC(=O)OC1CCC(c2ccncc2N)OC1COS(=O)(=O)c1ccc(C)cc1. The van der Waals surface area contributed by atoms with Crippen molar-refractivity contribution in [1.29, 1.82) is 0 Å². The van der Waals surface area contributed by atoms with Crippen LogP contribution in [0.5, 0.6) is 0 Å². The fourth-order valence-electron chi connectivity index (χ4n) is 3.23. The van der Waals surface area contributed by atoms with Crippen molar-refractivity contribution in [2.24, 2.45) is 0 Å². The number of anilines is 1. The van der Waals surface area contributed by atoms with E-state index in [4.69, 9.17) is 19.4 Å². The average Bonchev–Trinajstić information content (AvgIpc) is 2.68. The molecular formula is C20H24N2O6S. The number of benzene rings is 1. The van der Waals surface area contributed by atoms with Gasteiger partial charge in [0.1, 0.15) is 12.2 Å². The van der Waals surface area contributed by atoms with E-state index in [9.17, 15) is 13.2 Å². The number of hydrogen-bond acceptors (Lipinski definition) is 8. The third-order valence-electron chi connectivity index (χ3n) is 4.72. The Balaban J connectivity index is 1.75. The zero-order valence-corrected chi connectivity index (χ0v) is 17.1. The van der Waals surface area contributed by atoms with Gasteiger partial charge in [0.05, 0.1) is 29.5 Å². The second kappa shape index (κ2) is 8.89. The highest BCUT2D eigenvalue weighted by Crippen LogP contribution is 2.35. The van der Waals surface area contributed by atoms with Crippen LogP contribution >= 0.6 is 0 Å². The average molecular weight is 420 g/mol. The molecule has 1 aromatic carbocycles. The fraction of sp³-hybridized carbons (Fsp3) is 0.400. The maximum absolute atomic E-state index is 12.5. The molecule has 2 N–H and O–H groups in total. The van der Waals surface area contributed by atoms with Crippen molar-refractivity contribution in [2.75, 3.05) is 12.3 Å². The Kier molecular flexibility index (Phi) is 6.51. The summed E-state index contributed by atoms with van der Waals surface area (Å²) in [4.78, 5) is 15.5. The van der Waals surface area contributed by atoms with Crippen molar-refractivity contribution in [2.45, 2.75) is 49.9 Å². The van der Waals surface area contributed by atoms with E-state index in [0.29, 0.717) is 18.5 Å². The number of esters is 1. The van der Waals surface area contributed by atoms with Crippen molar-refractivity contribution < 1.29 is 26.9 Å². The third-order valence-corrected chi connectivity index (χ3v) is 6.01. The largest absolute Gasteiger partial charge is 0.460 e. The quantitative estimate of drug-likeness (QED) is 0.559. The smallest absolute Gasteiger partial charge is 0.302 e. The second-order valence-corrected chi connectivity index (χ2v) is 8.56. The molecule has 0 bridgehead atoms. The Bertz CT molecular complexity index is 961. The van der Waals surface area contributed by atoms with Crippen molar-refractivity contribution in [1.82, 2.24) is 4.98 Å². The lowest BCUT2D eigenvalue weighted by Crippen LogP contribution is -2.42. The van der Waals surface area contributed by atoms with Crippen molar-refractivity contribution in [3.63, 3.8) is 0 Å². The van der Waals surface area contributed by atoms with Crippen LogP contribution in [-0.4, -0.2) is 38.2 Å². The van der Waals surface area contributed by atoms with Gasteiger partial charge in [0.2, 0.25) is 0 Å². The molecule has 3 unspecified atom stereocenters. The first-order valence-electron chi connectivity index (χ1n) is 9.24. The standard InChI is InChI=1S/C20H24N2O6S/c1-13-3-5-15(6-4-13)29(24,25)26-12-20-19(27-14(2)23)8-7-18(28-20)16-9-10-22-11-17(16)21/h3-6,9-11,18-20H,7-8,12,21H2,1-2H3. The first kappa shape index (κ1) is 21.2. The number of aryl methyl sites for hydroxylation is 1. The molecule has 29 heavy (non-hydrogen) atoms. The highest BCUT2D eigenvalue weighted by molar-refractivity contribution is 7.86. The van der Waals surface area contributed by atoms with Crippen LogP contribution in [0.2, 0.25) is 0 Å². The van der Waals surface area contributed by atoms with Crippen molar-refractivity contribution in [3.8, 4) is 0 Å². The molecule has 0 radical (unpaired) electrons. The Hall–Kier alpha value is -2.49. The summed E-state index contributed by atoms with van der Waals surface area (Å²) in [5.41, 5.74) is 8.16. The lowest BCUT2D eigenvalue weighted by Gasteiger charge is -2.36. The van der Waals surface area contributed by atoms with Gasteiger partial charge in [-0.3, -0.25) is 14.0 Å². The summed E-state index contributed by atoms with van der Waals surface area (Å²) in [5.74, 6) is -0.466. The van der Waals surface area contributed by atoms with Gasteiger partial charge < -0.3 is 15.2 Å². The Morgan fingerprint density at radius 2 is 1.97 bits per heavy atom. The molecule has 1 aliphatic heterocycles. The number of ether oxygens (including phenoxy) is 2. The van der Waals surface area contributed by atoms with Crippen LogP contribution in [0.1, 0.15) is 37.0 Å². The Morgan fingerprint density at radius 3 is 2.62 bits per heavy atom. The van der Waals surface area contributed by atoms with Crippen molar-refractivity contribution in [3.05, 3.63) is 53.9 Å². The predicted molar refractivity (Wildman–Crippen MR) is 105 cm³/mol. The van der Waals surface area contributed by atoms with E-state index in [-0.39, 0.29) is 17.6 Å². The molecule has 2 heterocycles. The summed E-state index contributed by atoms with van der Waals surface area (Å²) in [7, 11) is -3.97. The molecule has 2 aromatic rings. The van der Waals surface area contributed by atoms with Crippen LogP contribution < -0.4 is 5.73 Å². The number of pyridine rings is 1. The number of carbonyl (C=O) groups excluding carboxylic acids is 1. The number of nitrogen functional groups attached to an aromatic ring is 1. The molecule has 0 amide bonds. The number of nitrogens with zero attached hydrogens (tertiary/aromatic N) is 1. The van der Waals surface area contributed by atoms with Gasteiger partial charge in [0.25, 0.3) is 10.1 Å². The summed E-state index contributed by atoms with van der Waals surface area (Å²) in [6.45, 7) is 2.88. The summed E-state index contributed by atoms with van der Waals surface area (Å²) in [5, 5.41) is 0. The molecule has 0 saturated carbocycles. The van der Waals surface area contributed by atoms with E-state index >= 15 is 0 Å². The van der Waals surface area contributed by atoms with Crippen LogP contribution in [0.3, 0.4) is 0 Å². The maximum atomic E-state index is 12.5. The van der Waals surface area contributed by atoms with E-state index in [1.807, 2.05) is 6.92 Å². The third kappa shape index (κ3) is 5.31. The number of carbonyl (C=O) groups is 1. The van der Waals surface area contributed by atoms with Gasteiger partial charge in [0, 0.05) is 18.7 Å². The molecule has 9 heteroatoms. The van der Waals surface area contributed by atoms with Crippen LogP contribution in [0.4, 0.5) is 5.69 Å². The molecule has 1 fully saturated rings. The minimum absolute atomic E-state index is 0.0536. The maximum Gasteiger partial charge on any atom is 0.302 e. The molecule has 3 rings (SSSR count). The molecule has 1 saturated heterocycles. The summed E-state index contributed by atoms with van der Waals surface area (Å²) in [6.07, 6.45) is 2.45. The van der Waals surface area contributed by atoms with Crippen LogP contribution in [-0.2, 0) is 28.6 Å². The molecule has 1 aromatic heterocycles. The Labute approximate surface area is 170 Å². The van der Waals surface area contributed by atoms with Crippen molar-refractivity contribution >= 4 is 21.8 Å². The normalized spacial score (nSPS) is 22.2. The second-order valence-electron chi connectivity index (χ2n) is 6.94. The van der Waals surface area contributed by atoms with Gasteiger partial charge in [-0.25, -0.2) is 0 Å². The molecule has 3 atom stereocenters. The molecule has 156 valence electrons. The summed E-state index contributed by atoms with van der Waals surface area (Å²) < 4.78 is 41.6. The zero-order valence-electron chi connectivity index (χ0n) is 16.3. The highest BCUT2D eigenvalue weighted by atomic mass is 32.2. The van der Waals surface area contributed by atoms with Gasteiger partial charge in [0.15, 0.2) is 0 Å². The van der Waals surface area contributed by atoms with Gasteiger partial charge in [-0.1, -0.05) is 17.7 Å². The van der Waals surface area contributed by atoms with Crippen LogP contribution in [0.15, 0.2) is 47.6 Å². The highest BCUT2D eigenvalue weighted by Gasteiger charge is 2.36. The lowest BCUT2D eigenvalue weighted by molar-refractivity contribution is -0.174. The number of hydrogen-bond donors (Lipinski definition) is 1. The van der Waals surface area contributed by atoms with E-state index in [1.165, 1.54) is 25.3 Å². The lowest BCUT2D eigenvalue weighted by atomic mass is 9.96. The Morgan fingerprint density at radius 1 is 1.24 bits per heavy atom. The van der Waals surface area contributed by atoms with Gasteiger partial charge in [-0.05, 0) is 38.0 Å². The summed E-state index contributed by atoms with van der Waals surface area (Å²) >= 11 is 0. The molecule has 0 aliphatic carbocycles. The monoisotopic (exact) mass is 420 g/mol. The first-order chi connectivity index (χ1) is 13.8. The van der Waals surface area contributed by atoms with Gasteiger partial charge in [-0.15, -0.1) is 0 Å². The van der Waals surface area contributed by atoms with Gasteiger partial charge >= 0.3 is 5.97 Å². The van der Waals surface area contributed by atoms with E-state index in [0.717, 1.165) is 11.1 Å². The minimum Gasteiger partial charge on any atom is -0.460 e. The molecule has 8 nitrogen and oxygen atoms in total. The number of rotatable bonds is 6. The molecule has 1 aliphatic rings. The van der Waals surface area contributed by atoms with E-state index in [1.54, 1.807) is 24.4 Å². The summed E-state index contributed by atoms with van der Waals surface area (Å²) in [6, 6.07) is 8.11. The zero-order chi connectivity index (χ0) is 21.0. The van der Waals surface area contributed by atoms with Crippen LogP contribution in [0.25, 0.3) is 0 Å². The fourth-order valence-corrected chi connectivity index (χ4v) is 4.15. The number of aromatic nitrogens is 1. The first-order valence-corrected chi connectivity index (χ1v) is 10.7. The predicted octanol–water partition coefficient (Wildman–Crippen LogP) is 2.53. The van der Waals surface area contributed by atoms with E-state index in [2.05, 4.69) is 4.98 Å². The number of nitrogens with two attached hydrogens (primary N) is 1. The van der Waals surface area contributed by atoms with E-state index < -0.39 is 28.3 Å². The minimum atomic E-state index is -3.97. The molecule has 0 spiro atoms.